The summed E-state index contributed by atoms with van der Waals surface area (Å²) in [5, 5.41) is 0. The van der Waals surface area contributed by atoms with E-state index in [0.29, 0.717) is 6.61 Å². The Labute approximate surface area is 189 Å². The van der Waals surface area contributed by atoms with Gasteiger partial charge in [0.15, 0.2) is 0 Å². The molecule has 0 heterocycles. The van der Waals surface area contributed by atoms with Crippen molar-refractivity contribution in [3.8, 4) is 5.75 Å². The van der Waals surface area contributed by atoms with Gasteiger partial charge in [-0.25, -0.2) is 0 Å². The summed E-state index contributed by atoms with van der Waals surface area (Å²) in [5.41, 5.74) is 7.58. The van der Waals surface area contributed by atoms with E-state index in [1.54, 1.807) is 24.3 Å². The van der Waals surface area contributed by atoms with E-state index in [4.69, 9.17) is 10.5 Å². The van der Waals surface area contributed by atoms with Crippen LogP contribution < -0.4 is 10.5 Å². The fraction of sp³-hybridized carbons (Fsp3) is 0.500. The Hall–Kier alpha value is -2.47. The van der Waals surface area contributed by atoms with Crippen LogP contribution in [0, 0.1) is 5.41 Å². The molecule has 0 bridgehead atoms. The van der Waals surface area contributed by atoms with Gasteiger partial charge in [0.2, 0.25) is 5.91 Å². The molecule has 4 nitrogen and oxygen atoms in total. The summed E-state index contributed by atoms with van der Waals surface area (Å²) < 4.78 is 36.4. The molecule has 2 N–H and O–H groups in total. The number of carbonyl (C=O) groups is 1. The van der Waals surface area contributed by atoms with Crippen LogP contribution >= 0.6 is 0 Å². The molecule has 6 heteroatoms. The average Bonchev–Trinajstić information content (AvgIpc) is 2.77. The molecule has 0 spiro atoms. The lowest BCUT2D eigenvalue weighted by Gasteiger charge is -2.37. The number of aryl methyl sites for hydroxylation is 1. The molecule has 1 saturated carbocycles. The second-order valence-electron chi connectivity index (χ2n) is 8.90. The Kier molecular flexibility index (Phi) is 8.24. The first-order valence-electron chi connectivity index (χ1n) is 11.4. The Morgan fingerprint density at radius 3 is 2.28 bits per heavy atom. The van der Waals surface area contributed by atoms with Gasteiger partial charge >= 0.3 is 6.11 Å². The van der Waals surface area contributed by atoms with Crippen molar-refractivity contribution in [1.29, 1.82) is 0 Å². The van der Waals surface area contributed by atoms with Crippen molar-refractivity contribution >= 4 is 5.91 Å². The second kappa shape index (κ2) is 10.9. The van der Waals surface area contributed by atoms with Crippen LogP contribution in [0.15, 0.2) is 54.6 Å². The van der Waals surface area contributed by atoms with Gasteiger partial charge in [0.1, 0.15) is 5.75 Å². The van der Waals surface area contributed by atoms with E-state index in [9.17, 15) is 13.6 Å². The molecule has 2 aromatic rings. The number of carbonyl (C=O) groups excluding carboxylic acids is 1. The number of hydrogen-bond donors (Lipinski definition) is 1. The fourth-order valence-corrected chi connectivity index (χ4v) is 4.44. The monoisotopic (exact) mass is 445 g/mol. The van der Waals surface area contributed by atoms with Gasteiger partial charge in [0.05, 0.1) is 12.7 Å². The van der Waals surface area contributed by atoms with Gasteiger partial charge in [0, 0.05) is 12.3 Å². The molecule has 0 unspecified atom stereocenters. The minimum absolute atomic E-state index is 0.153. The van der Waals surface area contributed by atoms with Crippen LogP contribution in [0.25, 0.3) is 0 Å². The minimum Gasteiger partial charge on any atom is -0.433 e. The van der Waals surface area contributed by atoms with Gasteiger partial charge in [-0.15, -0.1) is 0 Å². The van der Waals surface area contributed by atoms with Crippen LogP contribution in [0.5, 0.6) is 5.75 Å². The van der Waals surface area contributed by atoms with Crippen molar-refractivity contribution in [1.82, 2.24) is 0 Å². The van der Waals surface area contributed by atoms with Crippen molar-refractivity contribution in [2.24, 2.45) is 11.1 Å². The zero-order valence-corrected chi connectivity index (χ0v) is 18.7. The molecule has 0 saturated heterocycles. The van der Waals surface area contributed by atoms with Crippen molar-refractivity contribution in [2.45, 2.75) is 77.1 Å². The smallest absolute Gasteiger partial charge is 0.394 e. The lowest BCUT2D eigenvalue weighted by molar-refractivity contribution is -0.159. The summed E-state index contributed by atoms with van der Waals surface area (Å²) in [4.78, 5) is 12.3. The van der Waals surface area contributed by atoms with Crippen molar-refractivity contribution < 1.29 is 23.0 Å². The minimum atomic E-state index is -3.18. The van der Waals surface area contributed by atoms with Gasteiger partial charge in [-0.05, 0) is 68.2 Å². The van der Waals surface area contributed by atoms with Gasteiger partial charge < -0.3 is 15.2 Å². The molecule has 2 aromatic carbocycles. The zero-order chi connectivity index (χ0) is 23.0. The Balaban J connectivity index is 1.41. The average molecular weight is 446 g/mol. The molecule has 0 aromatic heterocycles. The lowest BCUT2D eigenvalue weighted by Crippen LogP contribution is -2.41. The molecule has 32 heavy (non-hydrogen) atoms. The van der Waals surface area contributed by atoms with Crippen LogP contribution in [-0.2, 0) is 22.6 Å². The Morgan fingerprint density at radius 2 is 1.69 bits per heavy atom. The van der Waals surface area contributed by atoms with Crippen molar-refractivity contribution in [2.75, 3.05) is 0 Å². The maximum absolute atomic E-state index is 12.9. The number of benzene rings is 2. The summed E-state index contributed by atoms with van der Waals surface area (Å²) in [6, 6.07) is 16.8. The number of primary amides is 1. The van der Waals surface area contributed by atoms with E-state index in [0.717, 1.165) is 69.4 Å². The van der Waals surface area contributed by atoms with Crippen LogP contribution in [0.3, 0.4) is 0 Å². The molecule has 0 radical (unpaired) electrons. The SMILES string of the molecule is CC(F)(F)Oc1ccc(CCCCC2(C(N)=O)CCC(OCc3ccccc3)CC2)cc1. The largest absolute Gasteiger partial charge is 0.433 e. The summed E-state index contributed by atoms with van der Waals surface area (Å²) in [6.45, 7) is 1.31. The number of rotatable bonds is 11. The quantitative estimate of drug-likeness (QED) is 0.430. The third-order valence-electron chi connectivity index (χ3n) is 6.33. The van der Waals surface area contributed by atoms with E-state index in [1.165, 1.54) is 0 Å². The molecule has 1 aliphatic rings. The zero-order valence-electron chi connectivity index (χ0n) is 18.7. The molecule has 1 aliphatic carbocycles. The number of ether oxygens (including phenoxy) is 2. The number of amides is 1. The highest BCUT2D eigenvalue weighted by Gasteiger charge is 2.40. The van der Waals surface area contributed by atoms with E-state index < -0.39 is 11.5 Å². The topological polar surface area (TPSA) is 61.5 Å². The summed E-state index contributed by atoms with van der Waals surface area (Å²) in [5.74, 6) is -0.0545. The third kappa shape index (κ3) is 7.30. The molecular weight excluding hydrogens is 412 g/mol. The van der Waals surface area contributed by atoms with Gasteiger partial charge in [-0.3, -0.25) is 4.79 Å². The number of nitrogens with two attached hydrogens (primary N) is 1. The second-order valence-corrected chi connectivity index (χ2v) is 8.90. The predicted molar refractivity (Wildman–Crippen MR) is 120 cm³/mol. The third-order valence-corrected chi connectivity index (χ3v) is 6.33. The van der Waals surface area contributed by atoms with Crippen LogP contribution in [0.1, 0.15) is 63.0 Å². The number of alkyl halides is 2. The Morgan fingerprint density at radius 1 is 1.03 bits per heavy atom. The van der Waals surface area contributed by atoms with Crippen LogP contribution in [-0.4, -0.2) is 18.1 Å². The maximum atomic E-state index is 12.9. The van der Waals surface area contributed by atoms with Gasteiger partial charge in [-0.2, -0.15) is 8.78 Å². The molecular formula is C26H33F2NO3. The normalized spacial score (nSPS) is 21.3. The highest BCUT2D eigenvalue weighted by Crippen LogP contribution is 2.41. The first-order chi connectivity index (χ1) is 15.3. The molecule has 1 fully saturated rings. The number of unbranched alkanes of at least 4 members (excludes halogenated alkanes) is 1. The molecule has 0 aliphatic heterocycles. The number of hydrogen-bond acceptors (Lipinski definition) is 3. The summed E-state index contributed by atoms with van der Waals surface area (Å²) >= 11 is 0. The highest BCUT2D eigenvalue weighted by atomic mass is 19.3. The summed E-state index contributed by atoms with van der Waals surface area (Å²) in [7, 11) is 0. The molecule has 1 amide bonds. The van der Waals surface area contributed by atoms with Gasteiger partial charge in [0.25, 0.3) is 0 Å². The van der Waals surface area contributed by atoms with E-state index in [2.05, 4.69) is 16.9 Å². The maximum Gasteiger partial charge on any atom is 0.394 e. The van der Waals surface area contributed by atoms with E-state index in [1.807, 2.05) is 18.2 Å². The molecule has 0 atom stereocenters. The van der Waals surface area contributed by atoms with E-state index in [-0.39, 0.29) is 17.8 Å². The first kappa shape index (κ1) is 24.2. The van der Waals surface area contributed by atoms with Crippen molar-refractivity contribution in [3.63, 3.8) is 0 Å². The molecule has 3 rings (SSSR count). The van der Waals surface area contributed by atoms with Crippen molar-refractivity contribution in [3.05, 3.63) is 65.7 Å². The fourth-order valence-electron chi connectivity index (χ4n) is 4.44. The Bertz CT molecular complexity index is 842. The highest BCUT2D eigenvalue weighted by molar-refractivity contribution is 5.80. The molecule has 174 valence electrons. The first-order valence-corrected chi connectivity index (χ1v) is 11.4. The standard InChI is InChI=1S/C26H33F2NO3/c1-25(27,28)32-23-12-10-20(11-13-23)7-5-6-16-26(24(29)30)17-14-22(15-18-26)31-19-21-8-3-2-4-9-21/h2-4,8-13,22H,5-7,14-19H2,1H3,(H2,29,30). The summed E-state index contributed by atoms with van der Waals surface area (Å²) in [6.07, 6.45) is 3.60. The van der Waals surface area contributed by atoms with E-state index >= 15 is 0 Å². The number of halogens is 2. The van der Waals surface area contributed by atoms with Crippen LogP contribution in [0.2, 0.25) is 0 Å². The lowest BCUT2D eigenvalue weighted by atomic mass is 9.69. The van der Waals surface area contributed by atoms with Crippen LogP contribution in [0.4, 0.5) is 8.78 Å². The predicted octanol–water partition coefficient (Wildman–Crippen LogP) is 6.02. The van der Waals surface area contributed by atoms with Gasteiger partial charge in [-0.1, -0.05) is 48.9 Å².